The van der Waals surface area contributed by atoms with Gasteiger partial charge in [0.15, 0.2) is 0 Å². The number of hydrogen-bond donors (Lipinski definition) is 0. The SMILES string of the molecule is COC(=O)C(C)SC1=[N+](CCC(C)C)C2C(=O)N(C)C(=O)N(C)C2=N1. The number of carbonyl (C=O) groups excluding carboxylic acids is 3. The Balaban J connectivity index is 2.39. The summed E-state index contributed by atoms with van der Waals surface area (Å²) in [6, 6.07) is -1.03. The predicted octanol–water partition coefficient (Wildman–Crippen LogP) is 1.00. The molecule has 0 aromatic heterocycles. The van der Waals surface area contributed by atoms with Crippen LogP contribution in [0.15, 0.2) is 4.99 Å². The van der Waals surface area contributed by atoms with E-state index in [0.29, 0.717) is 23.5 Å². The van der Waals surface area contributed by atoms with Gasteiger partial charge in [0.1, 0.15) is 5.25 Å². The zero-order chi connectivity index (χ0) is 18.9. The van der Waals surface area contributed by atoms with Crippen molar-refractivity contribution in [3.8, 4) is 0 Å². The number of carbonyl (C=O) groups is 3. The van der Waals surface area contributed by atoms with Crippen LogP contribution in [-0.4, -0.2) is 82.3 Å². The first-order chi connectivity index (χ1) is 11.7. The van der Waals surface area contributed by atoms with Crippen LogP contribution in [0, 0.1) is 5.92 Å². The maximum atomic E-state index is 12.7. The van der Waals surface area contributed by atoms with Crippen molar-refractivity contribution in [2.45, 2.75) is 38.5 Å². The summed E-state index contributed by atoms with van der Waals surface area (Å²) in [7, 11) is 4.42. The van der Waals surface area contributed by atoms with Crippen LogP contribution in [-0.2, 0) is 14.3 Å². The van der Waals surface area contributed by atoms with Gasteiger partial charge in [-0.2, -0.15) is 0 Å². The molecule has 1 fully saturated rings. The zero-order valence-electron chi connectivity index (χ0n) is 15.5. The van der Waals surface area contributed by atoms with Crippen LogP contribution in [0.25, 0.3) is 0 Å². The number of imide groups is 1. The molecule has 1 saturated heterocycles. The number of esters is 1. The van der Waals surface area contributed by atoms with Gasteiger partial charge in [0.05, 0.1) is 13.7 Å². The van der Waals surface area contributed by atoms with Crippen LogP contribution in [0.3, 0.4) is 0 Å². The van der Waals surface area contributed by atoms with Gasteiger partial charge in [0.25, 0.3) is 17.8 Å². The Labute approximate surface area is 151 Å². The van der Waals surface area contributed by atoms with Crippen LogP contribution in [0.1, 0.15) is 27.2 Å². The van der Waals surface area contributed by atoms with Gasteiger partial charge in [-0.1, -0.05) is 13.8 Å². The number of urea groups is 1. The van der Waals surface area contributed by atoms with Gasteiger partial charge in [0.2, 0.25) is 0 Å². The maximum absolute atomic E-state index is 12.7. The molecule has 2 aliphatic rings. The standard InChI is InChI=1S/C16H25N4O4S/c1-9(2)7-8-20-11-12(18(4)16(23)19(5)13(11)21)17-15(20)25-10(3)14(22)24-6/h9-11H,7-8H2,1-6H3/q+1. The molecule has 0 radical (unpaired) electrons. The Bertz CT molecular complexity index is 659. The number of nitrogens with zero attached hydrogens (tertiary/aromatic N) is 4. The molecule has 2 unspecified atom stereocenters. The summed E-state index contributed by atoms with van der Waals surface area (Å²) in [6.07, 6.45) is 0.866. The number of rotatable bonds is 5. The number of thioether (sulfide) groups is 1. The fraction of sp³-hybridized carbons (Fsp3) is 0.688. The molecule has 25 heavy (non-hydrogen) atoms. The number of fused-ring (bicyclic) bond motifs is 1. The molecule has 3 amide bonds. The highest BCUT2D eigenvalue weighted by atomic mass is 32.2. The third-order valence-electron chi connectivity index (χ3n) is 4.26. The van der Waals surface area contributed by atoms with E-state index in [1.54, 1.807) is 14.0 Å². The molecule has 0 N–H and O–H groups in total. The first-order valence-electron chi connectivity index (χ1n) is 8.20. The van der Waals surface area contributed by atoms with Crippen molar-refractivity contribution in [1.82, 2.24) is 9.80 Å². The van der Waals surface area contributed by atoms with Gasteiger partial charge in [-0.3, -0.25) is 19.4 Å². The molecule has 0 aliphatic carbocycles. The number of aliphatic imine (C=N–C) groups is 1. The van der Waals surface area contributed by atoms with Crippen LogP contribution < -0.4 is 0 Å². The number of ether oxygens (including phenoxy) is 1. The normalized spacial score (nSPS) is 21.7. The largest absolute Gasteiger partial charge is 0.468 e. The minimum absolute atomic E-state index is 0.299. The van der Waals surface area contributed by atoms with E-state index >= 15 is 0 Å². The maximum Gasteiger partial charge on any atom is 0.358 e. The molecule has 138 valence electrons. The van der Waals surface area contributed by atoms with Crippen LogP contribution in [0.2, 0.25) is 0 Å². The zero-order valence-corrected chi connectivity index (χ0v) is 16.3. The van der Waals surface area contributed by atoms with Gasteiger partial charge in [-0.25, -0.2) is 9.37 Å². The minimum atomic E-state index is -0.626. The molecular formula is C16H25N4O4S+. The molecule has 8 nitrogen and oxygen atoms in total. The van der Waals surface area contributed by atoms with Gasteiger partial charge in [0, 0.05) is 14.1 Å². The molecule has 0 saturated carbocycles. The van der Waals surface area contributed by atoms with Crippen LogP contribution >= 0.6 is 11.8 Å². The molecule has 0 spiro atoms. The fourth-order valence-corrected chi connectivity index (χ4v) is 3.65. The third-order valence-corrected chi connectivity index (χ3v) is 5.34. The first-order valence-corrected chi connectivity index (χ1v) is 9.08. The summed E-state index contributed by atoms with van der Waals surface area (Å²) in [5, 5.41) is 0.113. The Hall–Kier alpha value is -1.90. The lowest BCUT2D eigenvalue weighted by molar-refractivity contribution is -0.534. The lowest BCUT2D eigenvalue weighted by Crippen LogP contribution is -2.61. The Morgan fingerprint density at radius 1 is 1.28 bits per heavy atom. The average Bonchev–Trinajstić information content (AvgIpc) is 2.93. The summed E-state index contributed by atoms with van der Waals surface area (Å²) in [5.41, 5.74) is 0. The Morgan fingerprint density at radius 3 is 2.48 bits per heavy atom. The number of likely N-dealkylation sites (N-methyl/N-ethyl adjacent to an activating group) is 2. The third kappa shape index (κ3) is 3.70. The topological polar surface area (TPSA) is 82.3 Å². The van der Waals surface area contributed by atoms with E-state index in [2.05, 4.69) is 18.8 Å². The van der Waals surface area contributed by atoms with E-state index in [1.165, 1.54) is 30.8 Å². The molecule has 2 atom stereocenters. The molecule has 2 heterocycles. The van der Waals surface area contributed by atoms with Gasteiger partial charge >= 0.3 is 17.2 Å². The lowest BCUT2D eigenvalue weighted by Gasteiger charge is -2.30. The molecule has 2 rings (SSSR count). The molecule has 0 aromatic rings. The minimum Gasteiger partial charge on any atom is -0.468 e. The Kier molecular flexibility index (Phi) is 5.87. The first kappa shape index (κ1) is 19.4. The van der Waals surface area contributed by atoms with Crippen molar-refractivity contribution in [2.75, 3.05) is 27.7 Å². The van der Waals surface area contributed by atoms with Gasteiger partial charge in [-0.05, 0) is 36.0 Å². The van der Waals surface area contributed by atoms with Crippen molar-refractivity contribution < 1.29 is 23.7 Å². The summed E-state index contributed by atoms with van der Waals surface area (Å²) in [4.78, 5) is 43.6. The number of methoxy groups -OCH3 is 1. The number of amidine groups is 2. The number of amides is 3. The Morgan fingerprint density at radius 2 is 1.92 bits per heavy atom. The average molecular weight is 369 g/mol. The molecule has 0 bridgehead atoms. The highest BCUT2D eigenvalue weighted by Gasteiger charge is 2.53. The highest BCUT2D eigenvalue weighted by molar-refractivity contribution is 8.14. The van der Waals surface area contributed by atoms with Gasteiger partial charge < -0.3 is 4.74 Å². The molecule has 0 aromatic carbocycles. The monoisotopic (exact) mass is 369 g/mol. The van der Waals surface area contributed by atoms with Crippen LogP contribution in [0.5, 0.6) is 0 Å². The van der Waals surface area contributed by atoms with Gasteiger partial charge in [-0.15, -0.1) is 0 Å². The molecule has 2 aliphatic heterocycles. The second kappa shape index (κ2) is 7.55. The van der Waals surface area contributed by atoms with Crippen LogP contribution in [0.4, 0.5) is 4.79 Å². The van der Waals surface area contributed by atoms with E-state index in [-0.39, 0.29) is 11.9 Å². The summed E-state index contributed by atoms with van der Waals surface area (Å²) in [6.45, 7) is 6.56. The van der Waals surface area contributed by atoms with Crippen molar-refractivity contribution in [1.29, 1.82) is 0 Å². The highest BCUT2D eigenvalue weighted by Crippen LogP contribution is 2.25. The summed E-state index contributed by atoms with van der Waals surface area (Å²) < 4.78 is 6.66. The van der Waals surface area contributed by atoms with Crippen molar-refractivity contribution in [3.63, 3.8) is 0 Å². The molecule has 9 heteroatoms. The fourth-order valence-electron chi connectivity index (χ4n) is 2.66. The predicted molar refractivity (Wildman–Crippen MR) is 95.8 cm³/mol. The van der Waals surface area contributed by atoms with E-state index in [0.717, 1.165) is 11.3 Å². The van der Waals surface area contributed by atoms with E-state index in [1.807, 2.05) is 4.58 Å². The lowest BCUT2D eigenvalue weighted by atomic mass is 10.1. The number of hydrogen-bond acceptors (Lipinski definition) is 6. The van der Waals surface area contributed by atoms with E-state index < -0.39 is 17.3 Å². The molecular weight excluding hydrogens is 344 g/mol. The summed E-state index contributed by atoms with van der Waals surface area (Å²) >= 11 is 1.24. The quantitative estimate of drug-likeness (QED) is 0.533. The smallest absolute Gasteiger partial charge is 0.358 e. The second-order valence-corrected chi connectivity index (χ2v) is 7.86. The summed E-state index contributed by atoms with van der Waals surface area (Å²) in [5.74, 6) is 0.205. The van der Waals surface area contributed by atoms with E-state index in [4.69, 9.17) is 4.74 Å². The second-order valence-electron chi connectivity index (χ2n) is 6.55. The van der Waals surface area contributed by atoms with Crippen molar-refractivity contribution in [2.24, 2.45) is 10.9 Å². The van der Waals surface area contributed by atoms with Crippen molar-refractivity contribution in [3.05, 3.63) is 0 Å². The van der Waals surface area contributed by atoms with Crippen molar-refractivity contribution >= 4 is 40.7 Å². The van der Waals surface area contributed by atoms with E-state index in [9.17, 15) is 14.4 Å².